The van der Waals surface area contributed by atoms with Crippen LogP contribution in [0.4, 0.5) is 5.69 Å². The molecule has 0 unspecified atom stereocenters. The van der Waals surface area contributed by atoms with Crippen molar-refractivity contribution in [2.45, 2.75) is 6.61 Å². The molecule has 0 spiro atoms. The topological polar surface area (TPSA) is 65.4 Å². The van der Waals surface area contributed by atoms with Gasteiger partial charge in [0.25, 0.3) is 5.91 Å². The maximum Gasteiger partial charge on any atom is 0.262 e. The lowest BCUT2D eigenvalue weighted by Gasteiger charge is -2.10. The van der Waals surface area contributed by atoms with E-state index in [0.717, 1.165) is 5.82 Å². The molecule has 0 saturated carbocycles. The molecule has 1 amide bonds. The zero-order chi connectivity index (χ0) is 20.1. The summed E-state index contributed by atoms with van der Waals surface area (Å²) in [6, 6.07) is 9.91. The zero-order valence-corrected chi connectivity index (χ0v) is 17.1. The number of carbonyl (C=O) groups excluding carboxylic acids is 1. The van der Waals surface area contributed by atoms with Gasteiger partial charge >= 0.3 is 0 Å². The van der Waals surface area contributed by atoms with Crippen molar-refractivity contribution in [3.63, 3.8) is 0 Å². The number of carbonyl (C=O) groups is 1. The van der Waals surface area contributed by atoms with Gasteiger partial charge in [-0.25, -0.2) is 4.98 Å². The van der Waals surface area contributed by atoms with E-state index < -0.39 is 0 Å². The Balaban J connectivity index is 1.50. The van der Waals surface area contributed by atoms with Crippen molar-refractivity contribution in [3.05, 3.63) is 69.7 Å². The Bertz CT molecular complexity index is 974. The third-order valence-corrected chi connectivity index (χ3v) is 4.78. The molecule has 146 valence electrons. The largest absolute Gasteiger partial charge is 0.486 e. The van der Waals surface area contributed by atoms with Crippen LogP contribution in [0.2, 0.25) is 15.1 Å². The van der Waals surface area contributed by atoms with Crippen molar-refractivity contribution in [1.82, 2.24) is 9.55 Å². The Morgan fingerprint density at radius 3 is 2.46 bits per heavy atom. The number of nitrogens with one attached hydrogen (secondary N) is 1. The fraction of sp³-hybridized carbons (Fsp3) is 0.158. The van der Waals surface area contributed by atoms with E-state index in [1.165, 1.54) is 12.1 Å². The van der Waals surface area contributed by atoms with Crippen LogP contribution in [0.1, 0.15) is 5.82 Å². The molecule has 0 saturated heterocycles. The smallest absolute Gasteiger partial charge is 0.262 e. The lowest BCUT2D eigenvalue weighted by molar-refractivity contribution is -0.118. The van der Waals surface area contributed by atoms with E-state index in [2.05, 4.69) is 10.3 Å². The predicted octanol–water partition coefficient (Wildman–Crippen LogP) is 4.98. The van der Waals surface area contributed by atoms with Gasteiger partial charge in [0, 0.05) is 31.2 Å². The molecule has 0 fully saturated rings. The SMILES string of the molecule is Cn1ccnc1COc1ccc(NC(=O)COc2cc(Cl)c(Cl)cc2Cl)cc1. The van der Waals surface area contributed by atoms with Crippen LogP contribution in [-0.4, -0.2) is 22.1 Å². The predicted molar refractivity (Wildman–Crippen MR) is 110 cm³/mol. The number of aromatic nitrogens is 2. The molecule has 28 heavy (non-hydrogen) atoms. The van der Waals surface area contributed by atoms with E-state index in [0.29, 0.717) is 28.1 Å². The van der Waals surface area contributed by atoms with Crippen LogP contribution in [0.3, 0.4) is 0 Å². The molecule has 0 aliphatic rings. The molecule has 9 heteroatoms. The summed E-state index contributed by atoms with van der Waals surface area (Å²) in [5, 5.41) is 3.61. The second kappa shape index (κ2) is 9.19. The summed E-state index contributed by atoms with van der Waals surface area (Å²) < 4.78 is 13.0. The molecule has 0 bridgehead atoms. The number of anilines is 1. The van der Waals surface area contributed by atoms with Gasteiger partial charge in [-0.2, -0.15) is 0 Å². The summed E-state index contributed by atoms with van der Waals surface area (Å²) in [6.45, 7) is 0.128. The average Bonchev–Trinajstić information content (AvgIpc) is 3.08. The molecule has 1 N–H and O–H groups in total. The van der Waals surface area contributed by atoms with Gasteiger partial charge in [0.05, 0.1) is 15.1 Å². The summed E-state index contributed by atoms with van der Waals surface area (Å²) in [6.07, 6.45) is 3.56. The van der Waals surface area contributed by atoms with E-state index in [1.807, 2.05) is 17.8 Å². The highest BCUT2D eigenvalue weighted by Crippen LogP contribution is 2.33. The van der Waals surface area contributed by atoms with Crippen LogP contribution in [0.5, 0.6) is 11.5 Å². The number of halogens is 3. The van der Waals surface area contributed by atoms with E-state index in [4.69, 9.17) is 44.3 Å². The lowest BCUT2D eigenvalue weighted by atomic mass is 10.3. The van der Waals surface area contributed by atoms with Gasteiger partial charge in [-0.05, 0) is 30.3 Å². The van der Waals surface area contributed by atoms with E-state index in [9.17, 15) is 4.79 Å². The first-order chi connectivity index (χ1) is 13.4. The molecule has 6 nitrogen and oxygen atoms in total. The van der Waals surface area contributed by atoms with Crippen LogP contribution in [0.15, 0.2) is 48.8 Å². The van der Waals surface area contributed by atoms with Crippen molar-refractivity contribution in [2.75, 3.05) is 11.9 Å². The Morgan fingerprint density at radius 1 is 1.07 bits per heavy atom. The molecule has 2 aromatic carbocycles. The molecular formula is C19H16Cl3N3O3. The van der Waals surface area contributed by atoms with Gasteiger partial charge in [0.15, 0.2) is 6.61 Å². The summed E-state index contributed by atoms with van der Waals surface area (Å²) in [7, 11) is 1.90. The number of imidazole rings is 1. The minimum atomic E-state index is -0.344. The molecule has 1 aromatic heterocycles. The van der Waals surface area contributed by atoms with Crippen LogP contribution in [0, 0.1) is 0 Å². The van der Waals surface area contributed by atoms with Gasteiger partial charge in [0.1, 0.15) is 23.9 Å². The number of amides is 1. The summed E-state index contributed by atoms with van der Waals surface area (Å²) in [5.74, 6) is 1.42. The number of rotatable bonds is 7. The number of hydrogen-bond donors (Lipinski definition) is 1. The second-order valence-electron chi connectivity index (χ2n) is 5.80. The highest BCUT2D eigenvalue weighted by molar-refractivity contribution is 6.43. The first kappa shape index (κ1) is 20.3. The molecule has 0 radical (unpaired) electrons. The maximum atomic E-state index is 12.1. The normalized spacial score (nSPS) is 10.6. The van der Waals surface area contributed by atoms with Crippen LogP contribution in [-0.2, 0) is 18.4 Å². The van der Waals surface area contributed by atoms with E-state index in [1.54, 1.807) is 30.5 Å². The van der Waals surface area contributed by atoms with Gasteiger partial charge < -0.3 is 19.4 Å². The minimum Gasteiger partial charge on any atom is -0.486 e. The number of benzene rings is 2. The zero-order valence-electron chi connectivity index (χ0n) is 14.8. The van der Waals surface area contributed by atoms with Crippen molar-refractivity contribution in [3.8, 4) is 11.5 Å². The Kier molecular flexibility index (Phi) is 6.67. The Labute approximate surface area is 176 Å². The van der Waals surface area contributed by atoms with Crippen LogP contribution >= 0.6 is 34.8 Å². The monoisotopic (exact) mass is 439 g/mol. The van der Waals surface area contributed by atoms with Gasteiger partial charge in [-0.15, -0.1) is 0 Å². The lowest BCUT2D eigenvalue weighted by Crippen LogP contribution is -2.20. The standard InChI is InChI=1S/C19H16Cl3N3O3/c1-25-7-6-23-18(25)10-27-13-4-2-12(3-5-13)24-19(26)11-28-17-9-15(21)14(20)8-16(17)22/h2-9H,10-11H2,1H3,(H,24,26). The van der Waals surface area contributed by atoms with Crippen LogP contribution < -0.4 is 14.8 Å². The van der Waals surface area contributed by atoms with Crippen molar-refractivity contribution >= 4 is 46.4 Å². The van der Waals surface area contributed by atoms with Crippen molar-refractivity contribution in [1.29, 1.82) is 0 Å². The maximum absolute atomic E-state index is 12.1. The van der Waals surface area contributed by atoms with Gasteiger partial charge in [0.2, 0.25) is 0 Å². The number of hydrogen-bond acceptors (Lipinski definition) is 4. The third-order valence-electron chi connectivity index (χ3n) is 3.76. The fourth-order valence-electron chi connectivity index (χ4n) is 2.27. The fourth-order valence-corrected chi connectivity index (χ4v) is 2.86. The molecular weight excluding hydrogens is 425 g/mol. The average molecular weight is 441 g/mol. The Morgan fingerprint density at radius 2 is 1.79 bits per heavy atom. The third kappa shape index (κ3) is 5.32. The summed E-state index contributed by atoms with van der Waals surface area (Å²) in [5.41, 5.74) is 0.609. The minimum absolute atomic E-state index is 0.227. The Hall–Kier alpha value is -2.41. The first-order valence-electron chi connectivity index (χ1n) is 8.18. The number of nitrogens with zero attached hydrogens (tertiary/aromatic N) is 2. The van der Waals surface area contributed by atoms with Crippen LogP contribution in [0.25, 0.3) is 0 Å². The second-order valence-corrected chi connectivity index (χ2v) is 7.02. The molecule has 3 aromatic rings. The molecule has 0 atom stereocenters. The molecule has 0 aliphatic carbocycles. The molecule has 1 heterocycles. The van der Waals surface area contributed by atoms with Gasteiger partial charge in [-0.3, -0.25) is 4.79 Å². The summed E-state index contributed by atoms with van der Waals surface area (Å²) >= 11 is 17.8. The van der Waals surface area contributed by atoms with E-state index in [-0.39, 0.29) is 23.3 Å². The highest BCUT2D eigenvalue weighted by atomic mass is 35.5. The quantitative estimate of drug-likeness (QED) is 0.526. The number of ether oxygens (including phenoxy) is 2. The first-order valence-corrected chi connectivity index (χ1v) is 9.32. The van der Waals surface area contributed by atoms with E-state index >= 15 is 0 Å². The molecule has 0 aliphatic heterocycles. The van der Waals surface area contributed by atoms with Crippen molar-refractivity contribution < 1.29 is 14.3 Å². The van der Waals surface area contributed by atoms with Gasteiger partial charge in [-0.1, -0.05) is 34.8 Å². The summed E-state index contributed by atoms with van der Waals surface area (Å²) in [4.78, 5) is 16.3. The molecule has 3 rings (SSSR count). The number of aryl methyl sites for hydroxylation is 1. The van der Waals surface area contributed by atoms with Crippen molar-refractivity contribution in [2.24, 2.45) is 7.05 Å². The highest BCUT2D eigenvalue weighted by Gasteiger charge is 2.10.